The summed E-state index contributed by atoms with van der Waals surface area (Å²) in [5, 5.41) is 15.9. The number of nitro benzene ring substituents is 1. The van der Waals surface area contributed by atoms with Crippen LogP contribution in [0.15, 0.2) is 59.1 Å². The molecule has 2 aromatic carbocycles. The Kier molecular flexibility index (Phi) is 4.21. The maximum absolute atomic E-state index is 11.0. The maximum Gasteiger partial charge on any atom is 0.270 e. The third kappa shape index (κ3) is 3.20. The molecule has 8 heteroatoms. The van der Waals surface area contributed by atoms with Gasteiger partial charge in [0.25, 0.3) is 11.6 Å². The molecule has 0 saturated heterocycles. The second kappa shape index (κ2) is 6.83. The Labute approximate surface area is 153 Å². The van der Waals surface area contributed by atoms with E-state index < -0.39 is 4.92 Å². The molecule has 134 valence electrons. The van der Waals surface area contributed by atoms with Crippen LogP contribution < -0.4 is 4.74 Å². The Balaban J connectivity index is 1.80. The van der Waals surface area contributed by atoms with Crippen LogP contribution in [0.3, 0.4) is 0 Å². The monoisotopic (exact) mass is 362 g/mol. The SMILES string of the molecule is CCOc1nc2ccccc2cc1-c1noc(-c2cccc([N+](=O)[O-])c2)n1. The van der Waals surface area contributed by atoms with Crippen molar-refractivity contribution in [2.75, 3.05) is 6.61 Å². The minimum Gasteiger partial charge on any atom is -0.477 e. The molecule has 27 heavy (non-hydrogen) atoms. The molecule has 4 aromatic rings. The van der Waals surface area contributed by atoms with Gasteiger partial charge in [-0.25, -0.2) is 4.98 Å². The highest BCUT2D eigenvalue weighted by atomic mass is 16.6. The van der Waals surface area contributed by atoms with Gasteiger partial charge in [0, 0.05) is 23.1 Å². The van der Waals surface area contributed by atoms with E-state index in [1.54, 1.807) is 12.1 Å². The summed E-state index contributed by atoms with van der Waals surface area (Å²) in [5.74, 6) is 0.894. The predicted octanol–water partition coefficient (Wildman–Crippen LogP) is 4.26. The number of rotatable bonds is 5. The first kappa shape index (κ1) is 16.6. The first-order valence-electron chi connectivity index (χ1n) is 8.27. The molecule has 0 aliphatic rings. The number of ether oxygens (including phenoxy) is 1. The van der Waals surface area contributed by atoms with Gasteiger partial charge >= 0.3 is 0 Å². The minimum atomic E-state index is -0.471. The molecule has 0 radical (unpaired) electrons. The van der Waals surface area contributed by atoms with Crippen LogP contribution in [0.2, 0.25) is 0 Å². The Hall–Kier alpha value is -3.81. The van der Waals surface area contributed by atoms with E-state index in [2.05, 4.69) is 15.1 Å². The van der Waals surface area contributed by atoms with Crippen molar-refractivity contribution in [2.24, 2.45) is 0 Å². The highest BCUT2D eigenvalue weighted by molar-refractivity contribution is 5.85. The molecule has 2 aromatic heterocycles. The molecule has 0 amide bonds. The quantitative estimate of drug-likeness (QED) is 0.386. The zero-order valence-corrected chi connectivity index (χ0v) is 14.3. The van der Waals surface area contributed by atoms with Crippen LogP contribution in [0.4, 0.5) is 5.69 Å². The highest BCUT2D eigenvalue weighted by Crippen LogP contribution is 2.32. The van der Waals surface area contributed by atoms with Gasteiger partial charge < -0.3 is 9.26 Å². The lowest BCUT2D eigenvalue weighted by Crippen LogP contribution is -1.98. The number of pyridine rings is 1. The van der Waals surface area contributed by atoms with Crippen molar-refractivity contribution in [1.29, 1.82) is 0 Å². The van der Waals surface area contributed by atoms with E-state index in [0.29, 0.717) is 29.4 Å². The van der Waals surface area contributed by atoms with Gasteiger partial charge in [-0.15, -0.1) is 0 Å². The lowest BCUT2D eigenvalue weighted by molar-refractivity contribution is -0.384. The first-order chi connectivity index (χ1) is 13.2. The third-order valence-corrected chi connectivity index (χ3v) is 3.94. The van der Waals surface area contributed by atoms with Gasteiger partial charge in [-0.2, -0.15) is 4.98 Å². The van der Waals surface area contributed by atoms with Gasteiger partial charge in [0.1, 0.15) is 0 Å². The van der Waals surface area contributed by atoms with E-state index in [1.807, 2.05) is 37.3 Å². The number of nitrogens with zero attached hydrogens (tertiary/aromatic N) is 4. The van der Waals surface area contributed by atoms with Crippen LogP contribution in [0.25, 0.3) is 33.7 Å². The molecular formula is C19H14N4O4. The summed E-state index contributed by atoms with van der Waals surface area (Å²) in [5.41, 5.74) is 1.81. The number of hydrogen-bond donors (Lipinski definition) is 0. The summed E-state index contributed by atoms with van der Waals surface area (Å²) in [6.07, 6.45) is 0. The second-order valence-electron chi connectivity index (χ2n) is 5.70. The zero-order valence-electron chi connectivity index (χ0n) is 14.3. The topological polar surface area (TPSA) is 104 Å². The fourth-order valence-electron chi connectivity index (χ4n) is 2.71. The standard InChI is InChI=1S/C19H14N4O4/c1-2-26-19-15(11-12-6-3-4-9-16(12)20-19)17-21-18(27-22-17)13-7-5-8-14(10-13)23(24)25/h3-11H,2H2,1H3. The van der Waals surface area contributed by atoms with Crippen molar-refractivity contribution >= 4 is 16.6 Å². The molecule has 2 heterocycles. The zero-order chi connectivity index (χ0) is 18.8. The van der Waals surface area contributed by atoms with Crippen molar-refractivity contribution in [3.05, 3.63) is 64.7 Å². The van der Waals surface area contributed by atoms with Crippen LogP contribution in [0.1, 0.15) is 6.92 Å². The van der Waals surface area contributed by atoms with Crippen molar-refractivity contribution in [1.82, 2.24) is 15.1 Å². The molecule has 8 nitrogen and oxygen atoms in total. The second-order valence-corrected chi connectivity index (χ2v) is 5.70. The first-order valence-corrected chi connectivity index (χ1v) is 8.27. The van der Waals surface area contributed by atoms with Crippen LogP contribution in [-0.4, -0.2) is 26.7 Å². The van der Waals surface area contributed by atoms with Crippen LogP contribution in [0, 0.1) is 10.1 Å². The van der Waals surface area contributed by atoms with Gasteiger partial charge in [0.2, 0.25) is 11.7 Å². The average Bonchev–Trinajstić information content (AvgIpc) is 3.18. The number of para-hydroxylation sites is 1. The van der Waals surface area contributed by atoms with Crippen molar-refractivity contribution in [3.8, 4) is 28.7 Å². The summed E-state index contributed by atoms with van der Waals surface area (Å²) in [6, 6.07) is 15.6. The molecular weight excluding hydrogens is 348 g/mol. The van der Waals surface area contributed by atoms with E-state index in [4.69, 9.17) is 9.26 Å². The van der Waals surface area contributed by atoms with Crippen molar-refractivity contribution in [3.63, 3.8) is 0 Å². The van der Waals surface area contributed by atoms with Gasteiger partial charge in [-0.3, -0.25) is 10.1 Å². The molecule has 0 aliphatic carbocycles. The highest BCUT2D eigenvalue weighted by Gasteiger charge is 2.18. The Morgan fingerprint density at radius 2 is 1.96 bits per heavy atom. The molecule has 0 N–H and O–H groups in total. The van der Waals surface area contributed by atoms with Crippen LogP contribution in [-0.2, 0) is 0 Å². The maximum atomic E-state index is 11.0. The van der Waals surface area contributed by atoms with E-state index in [1.165, 1.54) is 12.1 Å². The summed E-state index contributed by atoms with van der Waals surface area (Å²) in [6.45, 7) is 2.30. The lowest BCUT2D eigenvalue weighted by atomic mass is 10.1. The number of fused-ring (bicyclic) bond motifs is 1. The number of non-ortho nitro benzene ring substituents is 1. The van der Waals surface area contributed by atoms with Crippen LogP contribution >= 0.6 is 0 Å². The number of hydrogen-bond acceptors (Lipinski definition) is 7. The summed E-state index contributed by atoms with van der Waals surface area (Å²) in [7, 11) is 0. The fraction of sp³-hybridized carbons (Fsp3) is 0.105. The molecule has 0 unspecified atom stereocenters. The van der Waals surface area contributed by atoms with Crippen LogP contribution in [0.5, 0.6) is 5.88 Å². The molecule has 0 saturated carbocycles. The molecule has 0 atom stereocenters. The minimum absolute atomic E-state index is 0.0466. The number of benzene rings is 2. The number of aromatic nitrogens is 3. The van der Waals surface area contributed by atoms with Crippen molar-refractivity contribution in [2.45, 2.75) is 6.92 Å². The third-order valence-electron chi connectivity index (χ3n) is 3.94. The molecule has 0 aliphatic heterocycles. The Bertz CT molecular complexity index is 1140. The number of nitro groups is 1. The molecule has 0 bridgehead atoms. The lowest BCUT2D eigenvalue weighted by Gasteiger charge is -2.08. The normalized spacial score (nSPS) is 10.9. The summed E-state index contributed by atoms with van der Waals surface area (Å²) in [4.78, 5) is 19.4. The van der Waals surface area contributed by atoms with E-state index in [0.717, 1.165) is 10.9 Å². The summed E-state index contributed by atoms with van der Waals surface area (Å²) >= 11 is 0. The predicted molar refractivity (Wildman–Crippen MR) is 98.3 cm³/mol. The Morgan fingerprint density at radius 1 is 1.11 bits per heavy atom. The van der Waals surface area contributed by atoms with Gasteiger partial charge in [0.05, 0.1) is 22.6 Å². The van der Waals surface area contributed by atoms with E-state index in [-0.39, 0.29) is 11.6 Å². The van der Waals surface area contributed by atoms with E-state index in [9.17, 15) is 10.1 Å². The Morgan fingerprint density at radius 3 is 2.78 bits per heavy atom. The molecule has 0 fully saturated rings. The molecule has 0 spiro atoms. The van der Waals surface area contributed by atoms with Crippen molar-refractivity contribution < 1.29 is 14.2 Å². The fourth-order valence-corrected chi connectivity index (χ4v) is 2.71. The smallest absolute Gasteiger partial charge is 0.270 e. The van der Waals surface area contributed by atoms with Gasteiger partial charge in [-0.05, 0) is 25.1 Å². The van der Waals surface area contributed by atoms with Gasteiger partial charge in [0.15, 0.2) is 0 Å². The average molecular weight is 362 g/mol. The van der Waals surface area contributed by atoms with Gasteiger partial charge in [-0.1, -0.05) is 29.4 Å². The molecule has 4 rings (SSSR count). The largest absolute Gasteiger partial charge is 0.477 e. The summed E-state index contributed by atoms with van der Waals surface area (Å²) < 4.78 is 11.0. The van der Waals surface area contributed by atoms with E-state index >= 15 is 0 Å².